The first kappa shape index (κ1) is 14.2. The zero-order chi connectivity index (χ0) is 13.5. The van der Waals surface area contributed by atoms with Crippen molar-refractivity contribution >= 4 is 11.9 Å². The zero-order valence-electron chi connectivity index (χ0n) is 10.4. The van der Waals surface area contributed by atoms with Gasteiger partial charge in [-0.1, -0.05) is 30.3 Å². The SMILES string of the molecule is CN(CCc1ccccc1)C(=O)CC(N)C(=O)O. The van der Waals surface area contributed by atoms with Gasteiger partial charge in [-0.25, -0.2) is 0 Å². The van der Waals surface area contributed by atoms with Crippen LogP contribution in [0.3, 0.4) is 0 Å². The summed E-state index contributed by atoms with van der Waals surface area (Å²) in [5, 5.41) is 8.62. The van der Waals surface area contributed by atoms with Gasteiger partial charge in [0.25, 0.3) is 0 Å². The largest absolute Gasteiger partial charge is 0.480 e. The average molecular weight is 250 g/mol. The van der Waals surface area contributed by atoms with Gasteiger partial charge in [0.1, 0.15) is 6.04 Å². The summed E-state index contributed by atoms with van der Waals surface area (Å²) in [5.41, 5.74) is 6.45. The highest BCUT2D eigenvalue weighted by atomic mass is 16.4. The second-order valence-corrected chi connectivity index (χ2v) is 4.20. The highest BCUT2D eigenvalue weighted by Crippen LogP contribution is 2.02. The van der Waals surface area contributed by atoms with Crippen molar-refractivity contribution in [1.29, 1.82) is 0 Å². The van der Waals surface area contributed by atoms with Crippen LogP contribution in [-0.4, -0.2) is 41.5 Å². The molecule has 0 fully saturated rings. The first-order valence-electron chi connectivity index (χ1n) is 5.77. The minimum Gasteiger partial charge on any atom is -0.480 e. The van der Waals surface area contributed by atoms with Gasteiger partial charge in [0.05, 0.1) is 6.42 Å². The van der Waals surface area contributed by atoms with Gasteiger partial charge in [-0.05, 0) is 12.0 Å². The Hall–Kier alpha value is -1.88. The maximum atomic E-state index is 11.7. The van der Waals surface area contributed by atoms with Crippen LogP contribution in [0.25, 0.3) is 0 Å². The number of carboxylic acids is 1. The lowest BCUT2D eigenvalue weighted by molar-refractivity contribution is -0.142. The van der Waals surface area contributed by atoms with E-state index in [-0.39, 0.29) is 12.3 Å². The lowest BCUT2D eigenvalue weighted by Gasteiger charge is -2.18. The van der Waals surface area contributed by atoms with Gasteiger partial charge in [0.2, 0.25) is 5.91 Å². The summed E-state index contributed by atoms with van der Waals surface area (Å²) >= 11 is 0. The second-order valence-electron chi connectivity index (χ2n) is 4.20. The van der Waals surface area contributed by atoms with Crippen LogP contribution in [0.4, 0.5) is 0 Å². The third kappa shape index (κ3) is 4.55. The van der Waals surface area contributed by atoms with E-state index in [0.717, 1.165) is 12.0 Å². The van der Waals surface area contributed by atoms with E-state index in [1.165, 1.54) is 4.90 Å². The number of aliphatic carboxylic acids is 1. The van der Waals surface area contributed by atoms with E-state index in [1.54, 1.807) is 7.05 Å². The van der Waals surface area contributed by atoms with Crippen LogP contribution in [-0.2, 0) is 16.0 Å². The molecule has 0 heterocycles. The molecule has 0 saturated carbocycles. The molecule has 1 aromatic carbocycles. The predicted octanol–water partition coefficient (Wildman–Crippen LogP) is 0.489. The highest BCUT2D eigenvalue weighted by Gasteiger charge is 2.18. The number of amides is 1. The summed E-state index contributed by atoms with van der Waals surface area (Å²) < 4.78 is 0. The molecule has 0 aromatic heterocycles. The van der Waals surface area contributed by atoms with Gasteiger partial charge in [-0.3, -0.25) is 9.59 Å². The van der Waals surface area contributed by atoms with E-state index >= 15 is 0 Å². The molecule has 1 rings (SSSR count). The smallest absolute Gasteiger partial charge is 0.321 e. The van der Waals surface area contributed by atoms with Crippen LogP contribution in [0, 0.1) is 0 Å². The molecule has 1 amide bonds. The first-order valence-corrected chi connectivity index (χ1v) is 5.77. The molecule has 0 aliphatic rings. The molecule has 3 N–H and O–H groups in total. The van der Waals surface area contributed by atoms with Crippen molar-refractivity contribution in [2.75, 3.05) is 13.6 Å². The summed E-state index contributed by atoms with van der Waals surface area (Å²) in [5.74, 6) is -1.40. The Kier molecular flexibility index (Phi) is 5.32. The van der Waals surface area contributed by atoms with Gasteiger partial charge in [-0.15, -0.1) is 0 Å². The number of hydrogen-bond donors (Lipinski definition) is 2. The number of rotatable bonds is 6. The molecule has 1 unspecified atom stereocenters. The quantitative estimate of drug-likeness (QED) is 0.769. The van der Waals surface area contributed by atoms with E-state index in [2.05, 4.69) is 0 Å². The Morgan fingerprint density at radius 2 is 1.94 bits per heavy atom. The summed E-state index contributed by atoms with van der Waals surface area (Å²) in [6, 6.07) is 8.67. The van der Waals surface area contributed by atoms with Crippen LogP contribution in [0.2, 0.25) is 0 Å². The van der Waals surface area contributed by atoms with Crippen molar-refractivity contribution in [1.82, 2.24) is 4.90 Å². The summed E-state index contributed by atoms with van der Waals surface area (Å²) in [6.07, 6.45) is 0.575. The molecule has 0 spiro atoms. The number of benzene rings is 1. The maximum absolute atomic E-state index is 11.7. The molecule has 0 aliphatic carbocycles. The van der Waals surface area contributed by atoms with E-state index in [9.17, 15) is 9.59 Å². The Labute approximate surface area is 106 Å². The van der Waals surface area contributed by atoms with Crippen molar-refractivity contribution in [2.45, 2.75) is 18.9 Å². The minimum absolute atomic E-state index is 0.166. The molecule has 1 atom stereocenters. The Balaban J connectivity index is 2.39. The van der Waals surface area contributed by atoms with Crippen LogP contribution in [0.5, 0.6) is 0 Å². The summed E-state index contributed by atoms with van der Waals surface area (Å²) in [4.78, 5) is 23.7. The van der Waals surface area contributed by atoms with E-state index in [1.807, 2.05) is 30.3 Å². The molecule has 0 bridgehead atoms. The van der Waals surface area contributed by atoms with Gasteiger partial charge in [-0.2, -0.15) is 0 Å². The third-order valence-corrected chi connectivity index (χ3v) is 2.72. The fourth-order valence-corrected chi connectivity index (χ4v) is 1.50. The van der Waals surface area contributed by atoms with Crippen molar-refractivity contribution in [3.8, 4) is 0 Å². The van der Waals surface area contributed by atoms with Crippen LogP contribution in [0.15, 0.2) is 30.3 Å². The van der Waals surface area contributed by atoms with Gasteiger partial charge in [0.15, 0.2) is 0 Å². The van der Waals surface area contributed by atoms with E-state index in [0.29, 0.717) is 6.54 Å². The molecule has 18 heavy (non-hydrogen) atoms. The molecular weight excluding hydrogens is 232 g/mol. The van der Waals surface area contributed by atoms with E-state index < -0.39 is 12.0 Å². The lowest BCUT2D eigenvalue weighted by Crippen LogP contribution is -2.38. The lowest BCUT2D eigenvalue weighted by atomic mass is 10.1. The standard InChI is InChI=1S/C13H18N2O3/c1-15(12(16)9-11(14)13(17)18)8-7-10-5-3-2-4-6-10/h2-6,11H,7-9,14H2,1H3,(H,17,18). The molecule has 0 radical (unpaired) electrons. The van der Waals surface area contributed by atoms with Crippen LogP contribution < -0.4 is 5.73 Å². The van der Waals surface area contributed by atoms with Crippen molar-refractivity contribution < 1.29 is 14.7 Å². The number of likely N-dealkylation sites (N-methyl/N-ethyl adjacent to an activating group) is 1. The fourth-order valence-electron chi connectivity index (χ4n) is 1.50. The van der Waals surface area contributed by atoms with E-state index in [4.69, 9.17) is 10.8 Å². The number of carboxylic acid groups (broad SMARTS) is 1. The number of nitrogens with two attached hydrogens (primary N) is 1. The molecule has 0 aliphatic heterocycles. The number of carbonyl (C=O) groups is 2. The number of nitrogens with zero attached hydrogens (tertiary/aromatic N) is 1. The average Bonchev–Trinajstić information content (AvgIpc) is 2.36. The second kappa shape index (κ2) is 6.76. The number of carbonyl (C=O) groups excluding carboxylic acids is 1. The predicted molar refractivity (Wildman–Crippen MR) is 68.0 cm³/mol. The third-order valence-electron chi connectivity index (χ3n) is 2.72. The van der Waals surface area contributed by atoms with Gasteiger partial charge >= 0.3 is 5.97 Å². The molecule has 0 saturated heterocycles. The Bertz CT molecular complexity index is 406. The van der Waals surface area contributed by atoms with Crippen LogP contribution >= 0.6 is 0 Å². The topological polar surface area (TPSA) is 83.6 Å². The molecule has 1 aromatic rings. The molecule has 5 nitrogen and oxygen atoms in total. The Morgan fingerprint density at radius 3 is 2.50 bits per heavy atom. The van der Waals surface area contributed by atoms with Crippen molar-refractivity contribution in [3.63, 3.8) is 0 Å². The molecule has 98 valence electrons. The maximum Gasteiger partial charge on any atom is 0.321 e. The fraction of sp³-hybridized carbons (Fsp3) is 0.385. The zero-order valence-corrected chi connectivity index (χ0v) is 10.4. The Morgan fingerprint density at radius 1 is 1.33 bits per heavy atom. The van der Waals surface area contributed by atoms with Gasteiger partial charge in [0, 0.05) is 13.6 Å². The first-order chi connectivity index (χ1) is 8.50. The highest BCUT2D eigenvalue weighted by molar-refractivity contribution is 5.84. The minimum atomic E-state index is -1.15. The summed E-state index contributed by atoms with van der Waals surface area (Å²) in [7, 11) is 1.65. The number of hydrogen-bond acceptors (Lipinski definition) is 3. The normalized spacial score (nSPS) is 11.9. The van der Waals surface area contributed by atoms with Crippen molar-refractivity contribution in [3.05, 3.63) is 35.9 Å². The molecule has 5 heteroatoms. The van der Waals surface area contributed by atoms with Gasteiger partial charge < -0.3 is 15.7 Å². The van der Waals surface area contributed by atoms with Crippen LogP contribution in [0.1, 0.15) is 12.0 Å². The summed E-state index contributed by atoms with van der Waals surface area (Å²) in [6.45, 7) is 0.551. The van der Waals surface area contributed by atoms with Crippen molar-refractivity contribution in [2.24, 2.45) is 5.73 Å². The molecular formula is C13H18N2O3. The monoisotopic (exact) mass is 250 g/mol.